The van der Waals surface area contributed by atoms with Crippen molar-refractivity contribution in [1.29, 1.82) is 0 Å². The third kappa shape index (κ3) is 2.22. The molecule has 0 spiro atoms. The van der Waals surface area contributed by atoms with Crippen molar-refractivity contribution in [3.63, 3.8) is 0 Å². The Hall–Kier alpha value is -0.670. The Labute approximate surface area is 88.7 Å². The molecule has 0 aliphatic carbocycles. The number of hydrogen-bond donors (Lipinski definition) is 2. The molecule has 0 radical (unpaired) electrons. The highest BCUT2D eigenvalue weighted by Crippen LogP contribution is 2.22. The molecule has 2 rings (SSSR count). The summed E-state index contributed by atoms with van der Waals surface area (Å²) in [4.78, 5) is 0. The van der Waals surface area contributed by atoms with E-state index in [1.54, 1.807) is 11.8 Å². The summed E-state index contributed by atoms with van der Waals surface area (Å²) in [5.74, 6) is 1.85. The van der Waals surface area contributed by atoms with Gasteiger partial charge in [-0.25, -0.2) is 0 Å². The molecule has 1 fully saturated rings. The molecule has 14 heavy (non-hydrogen) atoms. The standard InChI is InChI=1S/C11H15NOS/c1-8-2-4-9(5-3-8)12-10-6-14-7-11(10)13/h2-5,10-13H,6-7H2,1H3/t10-,11-/m1/s1. The first-order valence-corrected chi connectivity index (χ1v) is 6.00. The average molecular weight is 209 g/mol. The zero-order valence-corrected chi connectivity index (χ0v) is 9.05. The van der Waals surface area contributed by atoms with Crippen LogP contribution in [0.3, 0.4) is 0 Å². The van der Waals surface area contributed by atoms with Crippen molar-refractivity contribution in [3.8, 4) is 0 Å². The summed E-state index contributed by atoms with van der Waals surface area (Å²) >= 11 is 1.80. The van der Waals surface area contributed by atoms with E-state index >= 15 is 0 Å². The predicted molar refractivity (Wildman–Crippen MR) is 61.9 cm³/mol. The van der Waals surface area contributed by atoms with Gasteiger partial charge in [-0.1, -0.05) is 17.7 Å². The summed E-state index contributed by atoms with van der Waals surface area (Å²) in [6.07, 6.45) is -0.207. The van der Waals surface area contributed by atoms with Gasteiger partial charge in [-0.2, -0.15) is 11.8 Å². The van der Waals surface area contributed by atoms with E-state index in [4.69, 9.17) is 0 Å². The number of rotatable bonds is 2. The lowest BCUT2D eigenvalue weighted by atomic mass is 10.2. The lowest BCUT2D eigenvalue weighted by Gasteiger charge is -2.16. The van der Waals surface area contributed by atoms with E-state index in [0.717, 1.165) is 17.2 Å². The molecular weight excluding hydrogens is 194 g/mol. The van der Waals surface area contributed by atoms with E-state index in [9.17, 15) is 5.11 Å². The second kappa shape index (κ2) is 4.24. The maximum Gasteiger partial charge on any atom is 0.0839 e. The molecule has 2 nitrogen and oxygen atoms in total. The number of nitrogens with one attached hydrogen (secondary N) is 1. The Morgan fingerprint density at radius 1 is 1.29 bits per heavy atom. The van der Waals surface area contributed by atoms with Crippen LogP contribution in [0.5, 0.6) is 0 Å². The van der Waals surface area contributed by atoms with Crippen LogP contribution in [0.4, 0.5) is 5.69 Å². The van der Waals surface area contributed by atoms with Gasteiger partial charge < -0.3 is 10.4 Å². The number of aliphatic hydroxyl groups excluding tert-OH is 1. The molecular formula is C11H15NOS. The summed E-state index contributed by atoms with van der Waals surface area (Å²) in [5.41, 5.74) is 2.36. The van der Waals surface area contributed by atoms with Crippen LogP contribution in [0, 0.1) is 6.92 Å². The van der Waals surface area contributed by atoms with Gasteiger partial charge in [-0.05, 0) is 19.1 Å². The summed E-state index contributed by atoms with van der Waals surface area (Å²) < 4.78 is 0. The summed E-state index contributed by atoms with van der Waals surface area (Å²) in [6.45, 7) is 2.07. The lowest BCUT2D eigenvalue weighted by Crippen LogP contribution is -2.31. The SMILES string of the molecule is Cc1ccc(N[C@@H]2CSC[C@H]2O)cc1. The van der Waals surface area contributed by atoms with Crippen molar-refractivity contribution in [2.45, 2.75) is 19.1 Å². The van der Waals surface area contributed by atoms with E-state index in [1.165, 1.54) is 5.56 Å². The quantitative estimate of drug-likeness (QED) is 0.780. The Balaban J connectivity index is 2.00. The predicted octanol–water partition coefficient (Wildman–Crippen LogP) is 1.88. The topological polar surface area (TPSA) is 32.3 Å². The van der Waals surface area contributed by atoms with Gasteiger partial charge in [0.05, 0.1) is 12.1 Å². The zero-order chi connectivity index (χ0) is 9.97. The fourth-order valence-electron chi connectivity index (χ4n) is 1.54. The Bertz CT molecular complexity index is 299. The first-order chi connectivity index (χ1) is 6.75. The first kappa shape index (κ1) is 9.87. The van der Waals surface area contributed by atoms with E-state index in [1.807, 2.05) is 0 Å². The van der Waals surface area contributed by atoms with E-state index in [0.29, 0.717) is 0 Å². The molecule has 2 N–H and O–H groups in total. The molecule has 1 aliphatic rings. The minimum Gasteiger partial charge on any atom is -0.390 e. The second-order valence-corrected chi connectivity index (χ2v) is 4.80. The largest absolute Gasteiger partial charge is 0.390 e. The van der Waals surface area contributed by atoms with Crippen LogP contribution >= 0.6 is 11.8 Å². The minimum atomic E-state index is -0.207. The van der Waals surface area contributed by atoms with Crippen LogP contribution in [0.25, 0.3) is 0 Å². The first-order valence-electron chi connectivity index (χ1n) is 4.85. The van der Waals surface area contributed by atoms with Gasteiger partial charge in [-0.3, -0.25) is 0 Å². The Morgan fingerprint density at radius 2 is 2.00 bits per heavy atom. The third-order valence-corrected chi connectivity index (χ3v) is 3.63. The summed E-state index contributed by atoms with van der Waals surface area (Å²) in [7, 11) is 0. The summed E-state index contributed by atoms with van der Waals surface area (Å²) in [6, 6.07) is 8.49. The van der Waals surface area contributed by atoms with Crippen LogP contribution in [0.15, 0.2) is 24.3 Å². The fraction of sp³-hybridized carbons (Fsp3) is 0.455. The van der Waals surface area contributed by atoms with Gasteiger partial charge in [0, 0.05) is 17.2 Å². The molecule has 1 heterocycles. The number of aryl methyl sites for hydroxylation is 1. The van der Waals surface area contributed by atoms with Gasteiger partial charge in [0.2, 0.25) is 0 Å². The van der Waals surface area contributed by atoms with Crippen molar-refractivity contribution in [2.24, 2.45) is 0 Å². The highest BCUT2D eigenvalue weighted by atomic mass is 32.2. The van der Waals surface area contributed by atoms with Crippen LogP contribution in [0.2, 0.25) is 0 Å². The molecule has 0 saturated carbocycles. The minimum absolute atomic E-state index is 0.207. The molecule has 1 aliphatic heterocycles. The van der Waals surface area contributed by atoms with Gasteiger partial charge in [-0.15, -0.1) is 0 Å². The normalized spacial score (nSPS) is 26.4. The fourth-order valence-corrected chi connectivity index (χ4v) is 2.71. The Morgan fingerprint density at radius 3 is 2.57 bits per heavy atom. The average Bonchev–Trinajstić information content (AvgIpc) is 2.56. The maximum atomic E-state index is 9.62. The van der Waals surface area contributed by atoms with Crippen LogP contribution < -0.4 is 5.32 Å². The van der Waals surface area contributed by atoms with Gasteiger partial charge in [0.1, 0.15) is 0 Å². The smallest absolute Gasteiger partial charge is 0.0839 e. The molecule has 0 unspecified atom stereocenters. The van der Waals surface area contributed by atoms with Crippen LogP contribution in [-0.2, 0) is 0 Å². The van der Waals surface area contributed by atoms with E-state index in [-0.39, 0.29) is 12.1 Å². The van der Waals surface area contributed by atoms with Crippen LogP contribution in [0.1, 0.15) is 5.56 Å². The Kier molecular flexibility index (Phi) is 2.99. The number of thioether (sulfide) groups is 1. The van der Waals surface area contributed by atoms with Gasteiger partial charge in [0.15, 0.2) is 0 Å². The monoisotopic (exact) mass is 209 g/mol. The van der Waals surface area contributed by atoms with E-state index < -0.39 is 0 Å². The summed E-state index contributed by atoms with van der Waals surface area (Å²) in [5, 5.41) is 13.0. The zero-order valence-electron chi connectivity index (χ0n) is 8.23. The number of benzene rings is 1. The highest BCUT2D eigenvalue weighted by molar-refractivity contribution is 7.99. The number of anilines is 1. The molecule has 1 aromatic rings. The molecule has 3 heteroatoms. The third-order valence-electron chi connectivity index (χ3n) is 2.45. The number of aliphatic hydroxyl groups is 1. The molecule has 0 aromatic heterocycles. The molecule has 0 amide bonds. The molecule has 0 bridgehead atoms. The number of hydrogen-bond acceptors (Lipinski definition) is 3. The highest BCUT2D eigenvalue weighted by Gasteiger charge is 2.25. The van der Waals surface area contributed by atoms with Gasteiger partial charge >= 0.3 is 0 Å². The molecule has 76 valence electrons. The van der Waals surface area contributed by atoms with Crippen molar-refractivity contribution in [1.82, 2.24) is 0 Å². The molecule has 1 aromatic carbocycles. The van der Waals surface area contributed by atoms with E-state index in [2.05, 4.69) is 36.5 Å². The second-order valence-electron chi connectivity index (χ2n) is 3.72. The molecule has 1 saturated heterocycles. The van der Waals surface area contributed by atoms with Crippen molar-refractivity contribution >= 4 is 17.4 Å². The van der Waals surface area contributed by atoms with Crippen molar-refractivity contribution in [3.05, 3.63) is 29.8 Å². The van der Waals surface area contributed by atoms with Gasteiger partial charge in [0.25, 0.3) is 0 Å². The molecule has 2 atom stereocenters. The maximum absolute atomic E-state index is 9.62. The van der Waals surface area contributed by atoms with Crippen molar-refractivity contribution in [2.75, 3.05) is 16.8 Å². The van der Waals surface area contributed by atoms with Crippen LogP contribution in [-0.4, -0.2) is 28.8 Å². The van der Waals surface area contributed by atoms with Crippen molar-refractivity contribution < 1.29 is 5.11 Å². The lowest BCUT2D eigenvalue weighted by molar-refractivity contribution is 0.190.